The second-order valence-electron chi connectivity index (χ2n) is 5.10. The minimum atomic E-state index is 0. The molecule has 2 atom stereocenters. The van der Waals surface area contributed by atoms with Crippen LogP contribution in [-0.4, -0.2) is 16.9 Å². The topological polar surface area (TPSA) is 68.0 Å². The van der Waals surface area contributed by atoms with Crippen LogP contribution in [0.1, 0.15) is 25.7 Å². The molecule has 1 aliphatic carbocycles. The summed E-state index contributed by atoms with van der Waals surface area (Å²) >= 11 is 1.52. The second kappa shape index (κ2) is 6.52. The number of aromatic nitrogens is 1. The van der Waals surface area contributed by atoms with E-state index in [2.05, 4.69) is 10.3 Å². The molecule has 1 aromatic heterocycles. The highest BCUT2D eigenvalue weighted by Crippen LogP contribution is 2.28. The molecule has 1 fully saturated rings. The van der Waals surface area contributed by atoms with Crippen molar-refractivity contribution < 1.29 is 4.79 Å². The van der Waals surface area contributed by atoms with Gasteiger partial charge in [0.05, 0.1) is 10.2 Å². The van der Waals surface area contributed by atoms with Crippen molar-refractivity contribution in [1.82, 2.24) is 4.98 Å². The SMILES string of the molecule is Cl.NC1CCCC(C(=O)Nc2nc3ccccc3s2)C1. The van der Waals surface area contributed by atoms with Gasteiger partial charge in [-0.25, -0.2) is 4.98 Å². The molecule has 0 bridgehead atoms. The minimum absolute atomic E-state index is 0. The molecule has 2 aromatic rings. The summed E-state index contributed by atoms with van der Waals surface area (Å²) in [5, 5.41) is 3.62. The number of nitrogens with one attached hydrogen (secondary N) is 1. The summed E-state index contributed by atoms with van der Waals surface area (Å²) in [7, 11) is 0. The maximum Gasteiger partial charge on any atom is 0.229 e. The first-order valence-electron chi connectivity index (χ1n) is 6.64. The van der Waals surface area contributed by atoms with E-state index in [-0.39, 0.29) is 30.3 Å². The first-order valence-corrected chi connectivity index (χ1v) is 7.46. The lowest BCUT2D eigenvalue weighted by atomic mass is 9.86. The fourth-order valence-corrected chi connectivity index (χ4v) is 3.47. The largest absolute Gasteiger partial charge is 0.328 e. The van der Waals surface area contributed by atoms with Gasteiger partial charge in [0.15, 0.2) is 5.13 Å². The molecule has 1 aliphatic rings. The molecular weight excluding hydrogens is 294 g/mol. The van der Waals surface area contributed by atoms with Crippen LogP contribution >= 0.6 is 23.7 Å². The molecule has 4 nitrogen and oxygen atoms in total. The standard InChI is InChI=1S/C14H17N3OS.ClH/c15-10-5-3-4-9(8-10)13(18)17-14-16-11-6-1-2-7-12(11)19-14;/h1-2,6-7,9-10H,3-5,8,15H2,(H,16,17,18);1H. The second-order valence-corrected chi connectivity index (χ2v) is 6.13. The zero-order valence-corrected chi connectivity index (χ0v) is 12.7. The number of hydrogen-bond donors (Lipinski definition) is 2. The van der Waals surface area contributed by atoms with Gasteiger partial charge in [0.1, 0.15) is 0 Å². The van der Waals surface area contributed by atoms with Crippen molar-refractivity contribution in [3.05, 3.63) is 24.3 Å². The van der Waals surface area contributed by atoms with Gasteiger partial charge in [0.2, 0.25) is 5.91 Å². The molecule has 1 aromatic carbocycles. The number of amides is 1. The Bertz CT molecular complexity index is 568. The molecule has 0 saturated heterocycles. The van der Waals surface area contributed by atoms with Gasteiger partial charge >= 0.3 is 0 Å². The summed E-state index contributed by atoms with van der Waals surface area (Å²) in [5.74, 6) is 0.102. The fraction of sp³-hybridized carbons (Fsp3) is 0.429. The Kier molecular flexibility index (Phi) is 4.96. The molecule has 1 amide bonds. The van der Waals surface area contributed by atoms with Gasteiger partial charge in [-0.05, 0) is 31.4 Å². The number of anilines is 1. The average molecular weight is 312 g/mol. The Balaban J connectivity index is 0.00000147. The lowest BCUT2D eigenvalue weighted by molar-refractivity contribution is -0.120. The Morgan fingerprint density at radius 2 is 2.15 bits per heavy atom. The van der Waals surface area contributed by atoms with Gasteiger partial charge in [-0.2, -0.15) is 0 Å². The van der Waals surface area contributed by atoms with E-state index < -0.39 is 0 Å². The number of nitrogens with zero attached hydrogens (tertiary/aromatic N) is 1. The third kappa shape index (κ3) is 3.29. The zero-order chi connectivity index (χ0) is 13.2. The van der Waals surface area contributed by atoms with Crippen molar-refractivity contribution in [2.75, 3.05) is 5.32 Å². The molecule has 6 heteroatoms. The van der Waals surface area contributed by atoms with Gasteiger partial charge in [-0.3, -0.25) is 4.79 Å². The normalized spacial score (nSPS) is 22.2. The van der Waals surface area contributed by atoms with Crippen LogP contribution in [0.4, 0.5) is 5.13 Å². The lowest BCUT2D eigenvalue weighted by Gasteiger charge is -2.25. The Morgan fingerprint density at radius 3 is 2.90 bits per heavy atom. The molecular formula is C14H18ClN3OS. The maximum atomic E-state index is 12.2. The van der Waals surface area contributed by atoms with E-state index in [1.165, 1.54) is 11.3 Å². The molecule has 2 unspecified atom stereocenters. The molecule has 108 valence electrons. The first kappa shape index (κ1) is 15.2. The summed E-state index contributed by atoms with van der Waals surface area (Å²) in [6.07, 6.45) is 3.80. The van der Waals surface area contributed by atoms with E-state index in [1.807, 2.05) is 24.3 Å². The highest BCUT2D eigenvalue weighted by atomic mass is 35.5. The molecule has 3 N–H and O–H groups in total. The number of benzene rings is 1. The number of thiazole rings is 1. The number of carbonyl (C=O) groups is 1. The molecule has 0 aliphatic heterocycles. The van der Waals surface area contributed by atoms with E-state index >= 15 is 0 Å². The van der Waals surface area contributed by atoms with Gasteiger partial charge in [0.25, 0.3) is 0 Å². The van der Waals surface area contributed by atoms with Crippen LogP contribution in [0, 0.1) is 5.92 Å². The van der Waals surface area contributed by atoms with Crippen molar-refractivity contribution in [1.29, 1.82) is 0 Å². The lowest BCUT2D eigenvalue weighted by Crippen LogP contribution is -2.34. The molecule has 0 radical (unpaired) electrons. The molecule has 1 heterocycles. The predicted molar refractivity (Wildman–Crippen MR) is 85.4 cm³/mol. The van der Waals surface area contributed by atoms with Gasteiger partial charge in [-0.1, -0.05) is 29.9 Å². The third-order valence-electron chi connectivity index (χ3n) is 3.61. The first-order chi connectivity index (χ1) is 9.22. The van der Waals surface area contributed by atoms with E-state index in [9.17, 15) is 4.79 Å². The van der Waals surface area contributed by atoms with Crippen LogP contribution in [0.2, 0.25) is 0 Å². The van der Waals surface area contributed by atoms with E-state index in [0.717, 1.165) is 35.9 Å². The van der Waals surface area contributed by atoms with Crippen molar-refractivity contribution in [3.8, 4) is 0 Å². The van der Waals surface area contributed by atoms with Crippen LogP contribution in [0.3, 0.4) is 0 Å². The number of nitrogens with two attached hydrogens (primary N) is 1. The summed E-state index contributed by atoms with van der Waals surface area (Å²) in [6, 6.07) is 8.07. The monoisotopic (exact) mass is 311 g/mol. The Labute approximate surface area is 128 Å². The van der Waals surface area contributed by atoms with E-state index in [0.29, 0.717) is 5.13 Å². The van der Waals surface area contributed by atoms with Gasteiger partial charge in [-0.15, -0.1) is 12.4 Å². The number of fused-ring (bicyclic) bond motifs is 1. The summed E-state index contributed by atoms with van der Waals surface area (Å²) in [4.78, 5) is 16.6. The van der Waals surface area contributed by atoms with Crippen LogP contribution in [0.25, 0.3) is 10.2 Å². The molecule has 0 spiro atoms. The third-order valence-corrected chi connectivity index (χ3v) is 4.56. The van der Waals surface area contributed by atoms with Crippen molar-refractivity contribution in [3.63, 3.8) is 0 Å². The fourth-order valence-electron chi connectivity index (χ4n) is 2.60. The minimum Gasteiger partial charge on any atom is -0.328 e. The van der Waals surface area contributed by atoms with E-state index in [1.54, 1.807) is 0 Å². The number of para-hydroxylation sites is 1. The van der Waals surface area contributed by atoms with Crippen molar-refractivity contribution in [2.45, 2.75) is 31.7 Å². The average Bonchev–Trinajstić information content (AvgIpc) is 2.80. The number of rotatable bonds is 2. The van der Waals surface area contributed by atoms with E-state index in [4.69, 9.17) is 5.73 Å². The smallest absolute Gasteiger partial charge is 0.229 e. The van der Waals surface area contributed by atoms with Crippen LogP contribution in [0.5, 0.6) is 0 Å². The van der Waals surface area contributed by atoms with Crippen molar-refractivity contribution >= 4 is 45.0 Å². The Hall–Kier alpha value is -1.17. The number of carbonyl (C=O) groups excluding carboxylic acids is 1. The Morgan fingerprint density at radius 1 is 1.35 bits per heavy atom. The highest BCUT2D eigenvalue weighted by Gasteiger charge is 2.25. The molecule has 1 saturated carbocycles. The summed E-state index contributed by atoms with van der Waals surface area (Å²) < 4.78 is 1.10. The molecule has 20 heavy (non-hydrogen) atoms. The summed E-state index contributed by atoms with van der Waals surface area (Å²) in [5.41, 5.74) is 6.86. The van der Waals surface area contributed by atoms with Crippen LogP contribution in [-0.2, 0) is 4.79 Å². The summed E-state index contributed by atoms with van der Waals surface area (Å²) in [6.45, 7) is 0. The maximum absolute atomic E-state index is 12.2. The predicted octanol–water partition coefficient (Wildman–Crippen LogP) is 3.17. The van der Waals surface area contributed by atoms with Crippen LogP contribution in [0.15, 0.2) is 24.3 Å². The molecule has 3 rings (SSSR count). The van der Waals surface area contributed by atoms with Gasteiger partial charge < -0.3 is 11.1 Å². The zero-order valence-electron chi connectivity index (χ0n) is 11.0. The quantitative estimate of drug-likeness (QED) is 0.895. The van der Waals surface area contributed by atoms with Crippen molar-refractivity contribution in [2.24, 2.45) is 11.7 Å². The van der Waals surface area contributed by atoms with Crippen LogP contribution < -0.4 is 11.1 Å². The highest BCUT2D eigenvalue weighted by molar-refractivity contribution is 7.22. The number of halogens is 1. The van der Waals surface area contributed by atoms with Gasteiger partial charge in [0, 0.05) is 12.0 Å². The number of hydrogen-bond acceptors (Lipinski definition) is 4.